The highest BCUT2D eigenvalue weighted by Crippen LogP contribution is 2.50. The monoisotopic (exact) mass is 613 g/mol. The van der Waals surface area contributed by atoms with Crippen LogP contribution in [0.1, 0.15) is 76.6 Å². The van der Waals surface area contributed by atoms with Gasteiger partial charge in [0.05, 0.1) is 47.1 Å². The largest absolute Gasteiger partial charge is 0.379 e. The second-order valence-electron chi connectivity index (χ2n) is 11.2. The van der Waals surface area contributed by atoms with Crippen LogP contribution in [0, 0.1) is 17.1 Å². The van der Waals surface area contributed by atoms with Crippen molar-refractivity contribution < 1.29 is 23.8 Å². The predicted octanol–water partition coefficient (Wildman–Crippen LogP) is 5.12. The molecule has 9 nitrogen and oxygen atoms in total. The Balaban J connectivity index is 1.58. The zero-order valence-corrected chi connectivity index (χ0v) is 24.9. The topological polar surface area (TPSA) is 121 Å². The number of carbonyl (C=O) groups excluding carboxylic acids is 2. The van der Waals surface area contributed by atoms with Gasteiger partial charge in [0.2, 0.25) is 5.72 Å². The number of halogens is 2. The van der Waals surface area contributed by atoms with Gasteiger partial charge in [0.1, 0.15) is 23.3 Å². The van der Waals surface area contributed by atoms with Crippen molar-refractivity contribution in [1.29, 1.82) is 5.26 Å². The van der Waals surface area contributed by atoms with Gasteiger partial charge in [-0.1, -0.05) is 30.7 Å². The number of benzene rings is 2. The molecule has 11 heteroatoms. The minimum atomic E-state index is -1.79. The second kappa shape index (κ2) is 11.2. The maximum Gasteiger partial charge on any atom is 0.257 e. The Hall–Kier alpha value is -4.43. The summed E-state index contributed by atoms with van der Waals surface area (Å²) in [5.74, 6) is -1.29. The van der Waals surface area contributed by atoms with Crippen molar-refractivity contribution in [3.05, 3.63) is 117 Å². The zero-order valence-electron chi connectivity index (χ0n) is 24.1. The molecule has 1 N–H and O–H groups in total. The Labute approximate surface area is 258 Å². The highest BCUT2D eigenvalue weighted by Gasteiger charge is 2.56. The molecule has 1 amide bonds. The van der Waals surface area contributed by atoms with Gasteiger partial charge in [-0.05, 0) is 54.8 Å². The number of ether oxygens (including phenoxy) is 1. The number of amides is 1. The summed E-state index contributed by atoms with van der Waals surface area (Å²) < 4.78 is 25.2. The number of rotatable bonds is 8. The fourth-order valence-corrected chi connectivity index (χ4v) is 6.29. The highest BCUT2D eigenvalue weighted by atomic mass is 35.5. The van der Waals surface area contributed by atoms with Crippen LogP contribution >= 0.6 is 11.6 Å². The zero-order chi connectivity index (χ0) is 31.2. The number of pyridine rings is 1. The summed E-state index contributed by atoms with van der Waals surface area (Å²) in [5.41, 5.74) is -1.78. The SMILES string of the molecule is CCC(O)(c1cc(F)c2c(c1)C(=O)N(Cc1ccc(C#N)cn1)[C@@]2(O[C@@H]1CCC(=O)C1)c1ccc(Cl)cc1)c1cn(C)cn1. The molecule has 0 saturated heterocycles. The fraction of sp³-hybridized carbons (Fsp3) is 0.303. The van der Waals surface area contributed by atoms with Crippen LogP contribution in [-0.2, 0) is 34.4 Å². The van der Waals surface area contributed by atoms with Gasteiger partial charge in [0.15, 0.2) is 0 Å². The van der Waals surface area contributed by atoms with E-state index < -0.39 is 29.2 Å². The highest BCUT2D eigenvalue weighted by molar-refractivity contribution is 6.30. The standard InChI is InChI=1S/C33H29ClFN5O4/c1-3-32(43,29-18-39(2)19-38-29)22-12-27-30(28(35)13-22)33(21-5-7-23(34)8-6-21,44-26-11-10-25(41)14-26)40(31(27)42)17-24-9-4-20(15-36)16-37-24/h4-9,12-13,16,18-19,26,43H,3,10-11,14,17H2,1-2H3/t26-,32?,33-/m1/s1. The number of aryl methyl sites for hydroxylation is 1. The molecule has 2 aromatic heterocycles. The van der Waals surface area contributed by atoms with Gasteiger partial charge in [-0.15, -0.1) is 0 Å². The molecule has 0 radical (unpaired) electrons. The lowest BCUT2D eigenvalue weighted by molar-refractivity contribution is -0.149. The molecule has 0 spiro atoms. The van der Waals surface area contributed by atoms with Crippen molar-refractivity contribution in [2.75, 3.05) is 0 Å². The number of imidazole rings is 1. The number of aliphatic hydroxyl groups is 1. The minimum absolute atomic E-state index is 0.00993. The van der Waals surface area contributed by atoms with Crippen LogP contribution in [0.2, 0.25) is 5.02 Å². The molecule has 1 saturated carbocycles. The van der Waals surface area contributed by atoms with E-state index in [2.05, 4.69) is 9.97 Å². The molecular formula is C33H29ClFN5O4. The van der Waals surface area contributed by atoms with Gasteiger partial charge < -0.3 is 14.4 Å². The fourth-order valence-electron chi connectivity index (χ4n) is 6.16. The summed E-state index contributed by atoms with van der Waals surface area (Å²) in [4.78, 5) is 36.9. The van der Waals surface area contributed by atoms with Gasteiger partial charge >= 0.3 is 0 Å². The number of ketones is 1. The third-order valence-corrected chi connectivity index (χ3v) is 8.70. The van der Waals surface area contributed by atoms with E-state index in [1.54, 1.807) is 67.5 Å². The Morgan fingerprint density at radius 2 is 1.98 bits per heavy atom. The molecule has 1 fully saturated rings. The number of fused-ring (bicyclic) bond motifs is 1. The summed E-state index contributed by atoms with van der Waals surface area (Å²) in [6.07, 6.45) is 5.01. The van der Waals surface area contributed by atoms with Gasteiger partial charge in [-0.3, -0.25) is 19.5 Å². The Kier molecular flexibility index (Phi) is 7.58. The van der Waals surface area contributed by atoms with Crippen molar-refractivity contribution in [2.45, 2.75) is 56.6 Å². The summed E-state index contributed by atoms with van der Waals surface area (Å²) >= 11 is 6.24. The number of aromatic nitrogens is 3. The molecule has 2 aromatic carbocycles. The third-order valence-electron chi connectivity index (χ3n) is 8.45. The van der Waals surface area contributed by atoms with E-state index in [1.165, 1.54) is 23.2 Å². The van der Waals surface area contributed by atoms with Gasteiger partial charge in [0.25, 0.3) is 5.91 Å². The molecule has 1 unspecified atom stereocenters. The van der Waals surface area contributed by atoms with Crippen LogP contribution < -0.4 is 0 Å². The van der Waals surface area contributed by atoms with Crippen LogP contribution in [-0.4, -0.2) is 42.3 Å². The molecule has 1 aliphatic carbocycles. The number of nitriles is 1. The van der Waals surface area contributed by atoms with E-state index in [4.69, 9.17) is 16.3 Å². The van der Waals surface area contributed by atoms with Crippen LogP contribution in [0.15, 0.2) is 67.3 Å². The maximum atomic E-state index is 16.8. The van der Waals surface area contributed by atoms with Crippen LogP contribution in [0.5, 0.6) is 0 Å². The number of nitrogens with zero attached hydrogens (tertiary/aromatic N) is 5. The van der Waals surface area contributed by atoms with Crippen LogP contribution in [0.4, 0.5) is 4.39 Å². The first-order chi connectivity index (χ1) is 21.1. The average molecular weight is 614 g/mol. The van der Waals surface area contributed by atoms with E-state index in [-0.39, 0.29) is 41.9 Å². The lowest BCUT2D eigenvalue weighted by atomic mass is 9.84. The van der Waals surface area contributed by atoms with Crippen LogP contribution in [0.3, 0.4) is 0 Å². The molecule has 44 heavy (non-hydrogen) atoms. The summed E-state index contributed by atoms with van der Waals surface area (Å²) in [7, 11) is 1.76. The van der Waals surface area contributed by atoms with Crippen molar-refractivity contribution in [2.24, 2.45) is 7.05 Å². The minimum Gasteiger partial charge on any atom is -0.379 e. The maximum absolute atomic E-state index is 16.8. The molecular weight excluding hydrogens is 585 g/mol. The Morgan fingerprint density at radius 1 is 1.20 bits per heavy atom. The average Bonchev–Trinajstić information content (AvgIpc) is 3.71. The molecule has 0 bridgehead atoms. The third kappa shape index (κ3) is 4.87. The number of hydrogen-bond donors (Lipinski definition) is 1. The molecule has 3 atom stereocenters. The normalized spacial score (nSPS) is 20.9. The molecule has 2 aliphatic rings. The summed E-state index contributed by atoms with van der Waals surface area (Å²) in [6, 6.07) is 14.6. The summed E-state index contributed by atoms with van der Waals surface area (Å²) in [6.45, 7) is 1.65. The van der Waals surface area contributed by atoms with E-state index in [9.17, 15) is 20.0 Å². The van der Waals surface area contributed by atoms with Gasteiger partial charge in [-0.25, -0.2) is 9.37 Å². The van der Waals surface area contributed by atoms with Crippen molar-refractivity contribution >= 4 is 23.3 Å². The van der Waals surface area contributed by atoms with E-state index in [0.717, 1.165) is 0 Å². The predicted molar refractivity (Wildman–Crippen MR) is 158 cm³/mol. The first-order valence-corrected chi connectivity index (χ1v) is 14.6. The molecule has 3 heterocycles. The van der Waals surface area contributed by atoms with Crippen molar-refractivity contribution in [1.82, 2.24) is 19.4 Å². The molecule has 6 rings (SSSR count). The summed E-state index contributed by atoms with van der Waals surface area (Å²) in [5, 5.41) is 21.5. The Bertz CT molecular complexity index is 1800. The number of carbonyl (C=O) groups is 2. The molecule has 224 valence electrons. The van der Waals surface area contributed by atoms with Crippen molar-refractivity contribution in [3.8, 4) is 6.07 Å². The number of Topliss-reactive ketones (excluding diaryl/α,β-unsaturated/α-hetero) is 1. The van der Waals surface area contributed by atoms with Crippen LogP contribution in [0.25, 0.3) is 0 Å². The van der Waals surface area contributed by atoms with E-state index in [1.807, 2.05) is 6.07 Å². The quantitative estimate of drug-likeness (QED) is 0.293. The number of hydrogen-bond acceptors (Lipinski definition) is 7. The first-order valence-electron chi connectivity index (χ1n) is 14.3. The smallest absolute Gasteiger partial charge is 0.257 e. The molecule has 1 aliphatic heterocycles. The van der Waals surface area contributed by atoms with E-state index in [0.29, 0.717) is 40.4 Å². The van der Waals surface area contributed by atoms with Gasteiger partial charge in [-0.2, -0.15) is 5.26 Å². The lowest BCUT2D eigenvalue weighted by Gasteiger charge is -2.41. The van der Waals surface area contributed by atoms with E-state index >= 15 is 4.39 Å². The van der Waals surface area contributed by atoms with Crippen molar-refractivity contribution in [3.63, 3.8) is 0 Å². The first kappa shape index (κ1) is 29.6. The molecule has 4 aromatic rings. The van der Waals surface area contributed by atoms with Gasteiger partial charge in [0, 0.05) is 42.9 Å². The lowest BCUT2D eigenvalue weighted by Crippen LogP contribution is -2.48. The second-order valence-corrected chi connectivity index (χ2v) is 11.7. The Morgan fingerprint density at radius 3 is 2.57 bits per heavy atom.